The van der Waals surface area contributed by atoms with Gasteiger partial charge in [0.2, 0.25) is 0 Å². The second-order valence-electron chi connectivity index (χ2n) is 8.30. The summed E-state index contributed by atoms with van der Waals surface area (Å²) in [7, 11) is 0. The number of thioether (sulfide) groups is 1. The number of unbranched alkanes of at least 4 members (excludes halogenated alkanes) is 1. The molecule has 162 valence electrons. The van der Waals surface area contributed by atoms with Gasteiger partial charge in [-0.15, -0.1) is 17.7 Å². The third kappa shape index (κ3) is 6.34. The largest absolute Gasteiger partial charge is 0.481 e. The van der Waals surface area contributed by atoms with Gasteiger partial charge in [-0.1, -0.05) is 44.8 Å². The van der Waals surface area contributed by atoms with Crippen molar-refractivity contribution in [2.24, 2.45) is 22.7 Å². The van der Waals surface area contributed by atoms with Crippen molar-refractivity contribution in [3.63, 3.8) is 0 Å². The number of hydrogen-bond donors (Lipinski definition) is 3. The number of rotatable bonds is 10. The zero-order valence-corrected chi connectivity index (χ0v) is 18.6. The van der Waals surface area contributed by atoms with Crippen LogP contribution in [-0.2, 0) is 4.79 Å². The molecular formula is C23H35NO4S. The zero-order chi connectivity index (χ0) is 21.4. The van der Waals surface area contributed by atoms with Crippen LogP contribution < -0.4 is 0 Å². The summed E-state index contributed by atoms with van der Waals surface area (Å²) in [5.74, 6) is 6.42. The Kier molecular flexibility index (Phi) is 9.26. The Hall–Kier alpha value is -1.29. The highest BCUT2D eigenvalue weighted by molar-refractivity contribution is 8.13. The Labute approximate surface area is 179 Å². The summed E-state index contributed by atoms with van der Waals surface area (Å²) in [5, 5.41) is 31.0. The number of nitrogens with zero attached hydrogens (tertiary/aromatic N) is 1. The molecule has 0 spiro atoms. The Morgan fingerprint density at radius 1 is 1.45 bits per heavy atom. The quantitative estimate of drug-likeness (QED) is 0.283. The van der Waals surface area contributed by atoms with E-state index in [1.165, 1.54) is 0 Å². The summed E-state index contributed by atoms with van der Waals surface area (Å²) in [6, 6.07) is 0. The molecule has 0 aromatic heterocycles. The number of fused-ring (bicyclic) bond motifs is 1. The maximum Gasteiger partial charge on any atom is 0.303 e. The monoisotopic (exact) mass is 421 g/mol. The summed E-state index contributed by atoms with van der Waals surface area (Å²) < 4.78 is 0. The predicted molar refractivity (Wildman–Crippen MR) is 119 cm³/mol. The number of aliphatic hydroxyl groups excluding tert-OH is 2. The lowest BCUT2D eigenvalue weighted by Crippen LogP contribution is -2.27. The van der Waals surface area contributed by atoms with Crippen molar-refractivity contribution < 1.29 is 20.1 Å². The first-order chi connectivity index (χ1) is 13.8. The molecule has 5 nitrogen and oxygen atoms in total. The fraction of sp³-hybridized carbons (Fsp3) is 0.739. The fourth-order valence-electron chi connectivity index (χ4n) is 4.37. The molecule has 0 aromatic carbocycles. The molecule has 0 bridgehead atoms. The van der Waals surface area contributed by atoms with Crippen LogP contribution in [0.25, 0.3) is 0 Å². The van der Waals surface area contributed by atoms with Crippen LogP contribution in [0, 0.1) is 29.6 Å². The van der Waals surface area contributed by atoms with Gasteiger partial charge in [0, 0.05) is 31.1 Å². The van der Waals surface area contributed by atoms with Gasteiger partial charge in [0.15, 0.2) is 0 Å². The molecule has 0 radical (unpaired) electrons. The van der Waals surface area contributed by atoms with E-state index in [2.05, 4.69) is 25.7 Å². The van der Waals surface area contributed by atoms with Crippen LogP contribution >= 0.6 is 11.8 Å². The number of aliphatic carboxylic acids is 1. The average Bonchev–Trinajstić information content (AvgIpc) is 3.12. The highest BCUT2D eigenvalue weighted by Crippen LogP contribution is 2.50. The van der Waals surface area contributed by atoms with Gasteiger partial charge in [-0.3, -0.25) is 9.79 Å². The normalized spacial score (nSPS) is 30.5. The molecule has 2 aliphatic rings. The number of carbonyl (C=O) groups is 1. The zero-order valence-electron chi connectivity index (χ0n) is 17.8. The minimum Gasteiger partial charge on any atom is -0.481 e. The van der Waals surface area contributed by atoms with Crippen LogP contribution in [0.3, 0.4) is 0 Å². The number of carboxylic acids is 1. The molecule has 1 aliphatic carbocycles. The Morgan fingerprint density at radius 2 is 2.21 bits per heavy atom. The van der Waals surface area contributed by atoms with Crippen molar-refractivity contribution in [2.75, 3.05) is 5.75 Å². The standard InChI is InChI=1S/C23H35NO4S/c1-4-6-8-16(3)19(25)11-10-17-18-14-21(29-13-7-9-22(27)28)24-23(18,12-5-2)15-20(17)26/h10-11,16-20,25-26H,4,6-9,13-15H2,1-3H3,(H,27,28)/b11-10+. The van der Waals surface area contributed by atoms with Gasteiger partial charge in [0.25, 0.3) is 0 Å². The predicted octanol–water partition coefficient (Wildman–Crippen LogP) is 3.89. The first kappa shape index (κ1) is 24.0. The van der Waals surface area contributed by atoms with E-state index in [1.54, 1.807) is 18.7 Å². The average molecular weight is 422 g/mol. The van der Waals surface area contributed by atoms with Crippen molar-refractivity contribution in [1.29, 1.82) is 0 Å². The molecular weight excluding hydrogens is 386 g/mol. The van der Waals surface area contributed by atoms with Crippen LogP contribution in [0.1, 0.15) is 65.7 Å². The van der Waals surface area contributed by atoms with Gasteiger partial charge < -0.3 is 15.3 Å². The van der Waals surface area contributed by atoms with E-state index >= 15 is 0 Å². The van der Waals surface area contributed by atoms with E-state index in [-0.39, 0.29) is 24.2 Å². The van der Waals surface area contributed by atoms with Gasteiger partial charge in [0.05, 0.1) is 17.3 Å². The summed E-state index contributed by atoms with van der Waals surface area (Å²) in [4.78, 5) is 15.6. The molecule has 1 fully saturated rings. The van der Waals surface area contributed by atoms with E-state index in [0.29, 0.717) is 12.8 Å². The molecule has 29 heavy (non-hydrogen) atoms. The maximum absolute atomic E-state index is 10.7. The molecule has 6 atom stereocenters. The van der Waals surface area contributed by atoms with Crippen molar-refractivity contribution in [3.05, 3.63) is 12.2 Å². The van der Waals surface area contributed by atoms with Gasteiger partial charge in [-0.2, -0.15) is 0 Å². The summed E-state index contributed by atoms with van der Waals surface area (Å²) in [6.07, 6.45) is 8.06. The number of aliphatic hydroxyl groups is 2. The molecule has 0 amide bonds. The topological polar surface area (TPSA) is 90.1 Å². The Bertz CT molecular complexity index is 680. The molecule has 6 heteroatoms. The lowest BCUT2D eigenvalue weighted by molar-refractivity contribution is -0.137. The van der Waals surface area contributed by atoms with Gasteiger partial charge in [0.1, 0.15) is 5.54 Å². The molecule has 6 unspecified atom stereocenters. The van der Waals surface area contributed by atoms with Crippen LogP contribution in [0.4, 0.5) is 0 Å². The third-order valence-corrected chi connectivity index (χ3v) is 7.12. The smallest absolute Gasteiger partial charge is 0.303 e. The van der Waals surface area contributed by atoms with Crippen LogP contribution in [0.2, 0.25) is 0 Å². The van der Waals surface area contributed by atoms with E-state index in [9.17, 15) is 15.0 Å². The van der Waals surface area contributed by atoms with Crippen molar-refractivity contribution in [1.82, 2.24) is 0 Å². The van der Waals surface area contributed by atoms with Crippen LogP contribution in [0.15, 0.2) is 17.1 Å². The molecule has 2 rings (SSSR count). The lowest BCUT2D eigenvalue weighted by atomic mass is 9.83. The van der Waals surface area contributed by atoms with E-state index < -0.39 is 23.7 Å². The van der Waals surface area contributed by atoms with Crippen molar-refractivity contribution >= 4 is 22.8 Å². The summed E-state index contributed by atoms with van der Waals surface area (Å²) in [6.45, 7) is 6.01. The molecule has 0 aromatic rings. The molecule has 1 aliphatic heterocycles. The maximum atomic E-state index is 10.7. The first-order valence-electron chi connectivity index (χ1n) is 10.7. The lowest BCUT2D eigenvalue weighted by Gasteiger charge is -2.22. The van der Waals surface area contributed by atoms with Gasteiger partial charge >= 0.3 is 5.97 Å². The van der Waals surface area contributed by atoms with Gasteiger partial charge in [-0.25, -0.2) is 0 Å². The number of hydrogen-bond acceptors (Lipinski definition) is 5. The highest BCUT2D eigenvalue weighted by atomic mass is 32.2. The van der Waals surface area contributed by atoms with Crippen molar-refractivity contribution in [3.8, 4) is 11.8 Å². The molecule has 1 heterocycles. The number of aliphatic imine (C=N–C) groups is 1. The second kappa shape index (κ2) is 11.2. The summed E-state index contributed by atoms with van der Waals surface area (Å²) in [5.41, 5.74) is -0.558. The number of carboxylic acid groups (broad SMARTS) is 1. The Morgan fingerprint density at radius 3 is 2.86 bits per heavy atom. The molecule has 0 saturated heterocycles. The summed E-state index contributed by atoms with van der Waals surface area (Å²) >= 11 is 1.61. The Balaban J connectivity index is 2.05. The first-order valence-corrected chi connectivity index (χ1v) is 11.7. The van der Waals surface area contributed by atoms with Crippen LogP contribution in [-0.4, -0.2) is 49.8 Å². The SMILES string of the molecule is CC#CC12CC(O)C(/C=C/C(O)C(C)CCCC)C1CC(SCCCC(=O)O)=N2. The second-order valence-corrected chi connectivity index (χ2v) is 9.47. The highest BCUT2D eigenvalue weighted by Gasteiger charge is 2.55. The van der Waals surface area contributed by atoms with E-state index in [1.807, 2.05) is 12.2 Å². The minimum absolute atomic E-state index is 0.0789. The minimum atomic E-state index is -0.774. The molecule has 1 saturated carbocycles. The van der Waals surface area contributed by atoms with Gasteiger partial charge in [-0.05, 0) is 31.4 Å². The third-order valence-electron chi connectivity index (χ3n) is 6.03. The fourth-order valence-corrected chi connectivity index (χ4v) is 5.42. The van der Waals surface area contributed by atoms with Crippen molar-refractivity contribution in [2.45, 2.75) is 83.5 Å². The van der Waals surface area contributed by atoms with E-state index in [0.717, 1.165) is 36.5 Å². The molecule has 3 N–H and O–H groups in total. The van der Waals surface area contributed by atoms with E-state index in [4.69, 9.17) is 10.1 Å². The van der Waals surface area contributed by atoms with Crippen LogP contribution in [0.5, 0.6) is 0 Å².